The van der Waals surface area contributed by atoms with E-state index in [4.69, 9.17) is 0 Å². The van der Waals surface area contributed by atoms with Gasteiger partial charge in [-0.25, -0.2) is 0 Å². The molecule has 1 N–H and O–H groups in total. The Kier molecular flexibility index (Phi) is 4.12. The molecule has 2 amide bonds. The van der Waals surface area contributed by atoms with Crippen LogP contribution in [0.2, 0.25) is 0 Å². The van der Waals surface area contributed by atoms with Gasteiger partial charge in [0.05, 0.1) is 6.04 Å². The maximum absolute atomic E-state index is 11.7. The predicted octanol–water partition coefficient (Wildman–Crippen LogP) is 0.769. The average Bonchev–Trinajstić information content (AvgIpc) is 2.47. The van der Waals surface area contributed by atoms with Crippen LogP contribution < -0.4 is 5.32 Å². The molecule has 0 aliphatic carbocycles. The minimum absolute atomic E-state index is 0.00981. The Morgan fingerprint density at radius 1 is 1.53 bits per heavy atom. The minimum atomic E-state index is 0.00981. The molecular formula is C11H20N2O2. The zero-order chi connectivity index (χ0) is 11.4. The van der Waals surface area contributed by atoms with E-state index in [2.05, 4.69) is 5.32 Å². The summed E-state index contributed by atoms with van der Waals surface area (Å²) in [6, 6.07) is 0.00981. The molecule has 1 heterocycles. The molecule has 1 aliphatic rings. The first-order chi connectivity index (χ1) is 7.08. The molecule has 0 radical (unpaired) electrons. The number of hydrogen-bond acceptors (Lipinski definition) is 2. The molecule has 0 spiro atoms. The largest absolute Gasteiger partial charge is 0.351 e. The van der Waals surface area contributed by atoms with Gasteiger partial charge in [-0.3, -0.25) is 9.59 Å². The Morgan fingerprint density at radius 2 is 2.13 bits per heavy atom. The SMILES string of the molecule is CCC(CC)C(=O)N[C@@H]1CC(=O)N(C)C1. The predicted molar refractivity (Wildman–Crippen MR) is 58.3 cm³/mol. The molecule has 0 aromatic carbocycles. The first-order valence-corrected chi connectivity index (χ1v) is 5.62. The van der Waals surface area contributed by atoms with Crippen LogP contribution in [0, 0.1) is 5.92 Å². The number of nitrogens with one attached hydrogen (secondary N) is 1. The van der Waals surface area contributed by atoms with Gasteiger partial charge >= 0.3 is 0 Å². The third-order valence-corrected chi connectivity index (χ3v) is 3.04. The van der Waals surface area contributed by atoms with E-state index in [9.17, 15) is 9.59 Å². The zero-order valence-electron chi connectivity index (χ0n) is 9.75. The highest BCUT2D eigenvalue weighted by molar-refractivity contribution is 5.83. The van der Waals surface area contributed by atoms with E-state index in [-0.39, 0.29) is 23.8 Å². The van der Waals surface area contributed by atoms with Crippen molar-refractivity contribution in [3.05, 3.63) is 0 Å². The van der Waals surface area contributed by atoms with E-state index in [0.29, 0.717) is 13.0 Å². The Balaban J connectivity index is 2.42. The first-order valence-electron chi connectivity index (χ1n) is 5.62. The molecule has 0 bridgehead atoms. The Hall–Kier alpha value is -1.06. The molecule has 4 heteroatoms. The zero-order valence-corrected chi connectivity index (χ0v) is 9.75. The quantitative estimate of drug-likeness (QED) is 0.748. The van der Waals surface area contributed by atoms with Gasteiger partial charge in [-0.1, -0.05) is 13.8 Å². The molecule has 15 heavy (non-hydrogen) atoms. The number of likely N-dealkylation sites (tertiary alicyclic amines) is 1. The van der Waals surface area contributed by atoms with Crippen molar-refractivity contribution in [1.82, 2.24) is 10.2 Å². The van der Waals surface area contributed by atoms with Crippen molar-refractivity contribution in [3.63, 3.8) is 0 Å². The van der Waals surface area contributed by atoms with E-state index in [1.54, 1.807) is 11.9 Å². The third kappa shape index (κ3) is 2.94. The lowest BCUT2D eigenvalue weighted by molar-refractivity contribution is -0.126. The van der Waals surface area contributed by atoms with Crippen LogP contribution in [0.3, 0.4) is 0 Å². The summed E-state index contributed by atoms with van der Waals surface area (Å²) < 4.78 is 0. The Morgan fingerprint density at radius 3 is 2.53 bits per heavy atom. The molecule has 1 fully saturated rings. The van der Waals surface area contributed by atoms with Gasteiger partial charge in [-0.15, -0.1) is 0 Å². The lowest BCUT2D eigenvalue weighted by atomic mass is 10.0. The molecule has 86 valence electrons. The lowest BCUT2D eigenvalue weighted by Crippen LogP contribution is -2.39. The molecule has 1 atom stereocenters. The average molecular weight is 212 g/mol. The van der Waals surface area contributed by atoms with Crippen LogP contribution in [0.1, 0.15) is 33.1 Å². The molecule has 0 aromatic rings. The summed E-state index contributed by atoms with van der Waals surface area (Å²) in [6.45, 7) is 4.67. The smallest absolute Gasteiger partial charge is 0.224 e. The van der Waals surface area contributed by atoms with Crippen molar-refractivity contribution >= 4 is 11.8 Å². The summed E-state index contributed by atoms with van der Waals surface area (Å²) in [7, 11) is 1.77. The second-order valence-electron chi connectivity index (χ2n) is 4.20. The van der Waals surface area contributed by atoms with Gasteiger partial charge in [-0.2, -0.15) is 0 Å². The highest BCUT2D eigenvalue weighted by Gasteiger charge is 2.28. The van der Waals surface area contributed by atoms with Crippen molar-refractivity contribution in [1.29, 1.82) is 0 Å². The van der Waals surface area contributed by atoms with Crippen LogP contribution in [-0.4, -0.2) is 36.3 Å². The second-order valence-corrected chi connectivity index (χ2v) is 4.20. The summed E-state index contributed by atoms with van der Waals surface area (Å²) in [5.41, 5.74) is 0. The molecular weight excluding hydrogens is 192 g/mol. The van der Waals surface area contributed by atoms with E-state index < -0.39 is 0 Å². The molecule has 1 aliphatic heterocycles. The highest BCUT2D eigenvalue weighted by atomic mass is 16.2. The molecule has 0 unspecified atom stereocenters. The standard InChI is InChI=1S/C11H20N2O2/c1-4-8(5-2)11(15)12-9-6-10(14)13(3)7-9/h8-9H,4-7H2,1-3H3,(H,12,15)/t9-/m1/s1. The summed E-state index contributed by atoms with van der Waals surface area (Å²) in [4.78, 5) is 24.6. The highest BCUT2D eigenvalue weighted by Crippen LogP contribution is 2.12. The van der Waals surface area contributed by atoms with Crippen LogP contribution in [0.25, 0.3) is 0 Å². The van der Waals surface area contributed by atoms with Crippen molar-refractivity contribution in [2.24, 2.45) is 5.92 Å². The molecule has 0 saturated carbocycles. The third-order valence-electron chi connectivity index (χ3n) is 3.04. The van der Waals surface area contributed by atoms with Crippen molar-refractivity contribution in [3.8, 4) is 0 Å². The Labute approximate surface area is 91.0 Å². The van der Waals surface area contributed by atoms with Gasteiger partial charge in [0.1, 0.15) is 0 Å². The van der Waals surface area contributed by atoms with Crippen LogP contribution in [0.5, 0.6) is 0 Å². The maximum Gasteiger partial charge on any atom is 0.224 e. The van der Waals surface area contributed by atoms with Crippen LogP contribution in [0.15, 0.2) is 0 Å². The van der Waals surface area contributed by atoms with E-state index in [1.807, 2.05) is 13.8 Å². The van der Waals surface area contributed by atoms with Gasteiger partial charge in [0.2, 0.25) is 11.8 Å². The monoisotopic (exact) mass is 212 g/mol. The number of carbonyl (C=O) groups excluding carboxylic acids is 2. The number of amides is 2. The Bertz CT molecular complexity index is 249. The second kappa shape index (κ2) is 5.14. The van der Waals surface area contributed by atoms with Gasteiger partial charge in [0.15, 0.2) is 0 Å². The fraction of sp³-hybridized carbons (Fsp3) is 0.818. The fourth-order valence-electron chi connectivity index (χ4n) is 1.94. The maximum atomic E-state index is 11.7. The van der Waals surface area contributed by atoms with Gasteiger partial charge < -0.3 is 10.2 Å². The number of rotatable bonds is 4. The number of carbonyl (C=O) groups is 2. The minimum Gasteiger partial charge on any atom is -0.351 e. The van der Waals surface area contributed by atoms with E-state index in [0.717, 1.165) is 12.8 Å². The van der Waals surface area contributed by atoms with E-state index in [1.165, 1.54) is 0 Å². The van der Waals surface area contributed by atoms with E-state index >= 15 is 0 Å². The number of hydrogen-bond donors (Lipinski definition) is 1. The van der Waals surface area contributed by atoms with Crippen LogP contribution >= 0.6 is 0 Å². The lowest BCUT2D eigenvalue weighted by Gasteiger charge is -2.17. The molecule has 0 aromatic heterocycles. The normalized spacial score (nSPS) is 21.2. The van der Waals surface area contributed by atoms with Gasteiger partial charge in [-0.05, 0) is 12.8 Å². The molecule has 1 saturated heterocycles. The topological polar surface area (TPSA) is 49.4 Å². The molecule has 1 rings (SSSR count). The van der Waals surface area contributed by atoms with Crippen molar-refractivity contribution in [2.75, 3.05) is 13.6 Å². The van der Waals surface area contributed by atoms with Crippen molar-refractivity contribution in [2.45, 2.75) is 39.2 Å². The van der Waals surface area contributed by atoms with Crippen LogP contribution in [-0.2, 0) is 9.59 Å². The van der Waals surface area contributed by atoms with Crippen molar-refractivity contribution < 1.29 is 9.59 Å². The summed E-state index contributed by atoms with van der Waals surface area (Å²) in [5, 5.41) is 2.94. The number of likely N-dealkylation sites (N-methyl/N-ethyl adjacent to an activating group) is 1. The van der Waals surface area contributed by atoms with Crippen LogP contribution in [0.4, 0.5) is 0 Å². The van der Waals surface area contributed by atoms with Gasteiger partial charge in [0, 0.05) is 25.9 Å². The van der Waals surface area contributed by atoms with Gasteiger partial charge in [0.25, 0.3) is 0 Å². The summed E-state index contributed by atoms with van der Waals surface area (Å²) in [5.74, 6) is 0.295. The fourth-order valence-corrected chi connectivity index (χ4v) is 1.94. The first kappa shape index (κ1) is 12.0. The summed E-state index contributed by atoms with van der Waals surface area (Å²) in [6.07, 6.45) is 2.17. The number of nitrogens with zero attached hydrogens (tertiary/aromatic N) is 1. The molecule has 4 nitrogen and oxygen atoms in total. The summed E-state index contributed by atoms with van der Waals surface area (Å²) >= 11 is 0.